The number of ether oxygens (including phenoxy) is 1. The second kappa shape index (κ2) is 6.37. The monoisotopic (exact) mass is 396 g/mol. The van der Waals surface area contributed by atoms with Crippen molar-refractivity contribution in [2.75, 3.05) is 13.7 Å². The van der Waals surface area contributed by atoms with Crippen molar-refractivity contribution in [2.45, 2.75) is 25.3 Å². The Morgan fingerprint density at radius 1 is 1.53 bits per heavy atom. The van der Waals surface area contributed by atoms with Crippen LogP contribution in [-0.2, 0) is 11.3 Å². The number of halogens is 3. The Hall–Kier alpha value is -0.400. The Morgan fingerprint density at radius 2 is 2.26 bits per heavy atom. The molecule has 0 N–H and O–H groups in total. The van der Waals surface area contributed by atoms with Gasteiger partial charge < -0.3 is 9.30 Å². The van der Waals surface area contributed by atoms with Crippen LogP contribution in [-0.4, -0.2) is 23.3 Å². The standard InChI is InChI=1S/C13H15ClFIN2O/c1-8(14)13-17-11-7-10(16)9(15)6-12(11)18(13)4-3-5-19-2/h6-8H,3-5H2,1-2H3. The zero-order valence-corrected chi connectivity index (χ0v) is 13.7. The van der Waals surface area contributed by atoms with E-state index in [0.717, 1.165) is 29.8 Å². The van der Waals surface area contributed by atoms with E-state index in [1.165, 1.54) is 6.07 Å². The number of aryl methyl sites for hydroxylation is 1. The maximum atomic E-state index is 13.7. The van der Waals surface area contributed by atoms with Crippen LogP contribution >= 0.6 is 34.2 Å². The molecule has 0 aliphatic carbocycles. The maximum absolute atomic E-state index is 13.7. The minimum Gasteiger partial charge on any atom is -0.385 e. The molecule has 2 rings (SSSR count). The number of imidazole rings is 1. The van der Waals surface area contributed by atoms with Gasteiger partial charge >= 0.3 is 0 Å². The van der Waals surface area contributed by atoms with Crippen LogP contribution in [0.1, 0.15) is 24.5 Å². The molecule has 1 atom stereocenters. The van der Waals surface area contributed by atoms with E-state index in [1.54, 1.807) is 13.2 Å². The van der Waals surface area contributed by atoms with E-state index >= 15 is 0 Å². The van der Waals surface area contributed by atoms with E-state index in [9.17, 15) is 4.39 Å². The molecular weight excluding hydrogens is 382 g/mol. The molecule has 1 aromatic carbocycles. The van der Waals surface area contributed by atoms with Crippen molar-refractivity contribution in [1.82, 2.24) is 9.55 Å². The topological polar surface area (TPSA) is 27.1 Å². The van der Waals surface area contributed by atoms with Gasteiger partial charge in [-0.15, -0.1) is 11.6 Å². The van der Waals surface area contributed by atoms with Gasteiger partial charge in [-0.25, -0.2) is 9.37 Å². The van der Waals surface area contributed by atoms with E-state index in [-0.39, 0.29) is 11.2 Å². The normalized spacial score (nSPS) is 13.1. The van der Waals surface area contributed by atoms with Crippen molar-refractivity contribution in [2.24, 2.45) is 0 Å². The fourth-order valence-electron chi connectivity index (χ4n) is 2.04. The van der Waals surface area contributed by atoms with Gasteiger partial charge in [-0.05, 0) is 42.0 Å². The highest BCUT2D eigenvalue weighted by Gasteiger charge is 2.16. The molecule has 0 aliphatic rings. The second-order valence-electron chi connectivity index (χ2n) is 4.34. The van der Waals surface area contributed by atoms with E-state index in [2.05, 4.69) is 4.98 Å². The number of fused-ring (bicyclic) bond motifs is 1. The Labute approximate surface area is 130 Å². The van der Waals surface area contributed by atoms with Crippen molar-refractivity contribution in [3.8, 4) is 0 Å². The van der Waals surface area contributed by atoms with Gasteiger partial charge in [0.25, 0.3) is 0 Å². The minimum atomic E-state index is -0.227. The summed E-state index contributed by atoms with van der Waals surface area (Å²) in [4.78, 5) is 4.51. The molecule has 1 unspecified atom stereocenters. The van der Waals surface area contributed by atoms with Gasteiger partial charge in [0, 0.05) is 26.3 Å². The van der Waals surface area contributed by atoms with E-state index in [0.29, 0.717) is 10.2 Å². The molecule has 104 valence electrons. The molecule has 0 spiro atoms. The highest BCUT2D eigenvalue weighted by molar-refractivity contribution is 14.1. The third-order valence-corrected chi connectivity index (χ3v) is 3.93. The lowest BCUT2D eigenvalue weighted by molar-refractivity contribution is 0.190. The molecule has 19 heavy (non-hydrogen) atoms. The predicted octanol–water partition coefficient (Wildman–Crippen LogP) is 4.12. The molecule has 0 amide bonds. The summed E-state index contributed by atoms with van der Waals surface area (Å²) in [6.07, 6.45) is 0.839. The van der Waals surface area contributed by atoms with E-state index in [4.69, 9.17) is 16.3 Å². The predicted molar refractivity (Wildman–Crippen MR) is 83.2 cm³/mol. The highest BCUT2D eigenvalue weighted by Crippen LogP contribution is 2.27. The van der Waals surface area contributed by atoms with E-state index < -0.39 is 0 Å². The first-order chi connectivity index (χ1) is 9.04. The highest BCUT2D eigenvalue weighted by atomic mass is 127. The van der Waals surface area contributed by atoms with Crippen LogP contribution in [0.3, 0.4) is 0 Å². The van der Waals surface area contributed by atoms with Gasteiger partial charge in [0.2, 0.25) is 0 Å². The molecule has 0 fully saturated rings. The van der Waals surface area contributed by atoms with Gasteiger partial charge in [0.15, 0.2) is 0 Å². The molecule has 1 aromatic heterocycles. The van der Waals surface area contributed by atoms with Crippen LogP contribution in [0.5, 0.6) is 0 Å². The Morgan fingerprint density at radius 3 is 2.89 bits per heavy atom. The first-order valence-corrected chi connectivity index (χ1v) is 7.54. The third-order valence-electron chi connectivity index (χ3n) is 2.91. The van der Waals surface area contributed by atoms with Crippen molar-refractivity contribution in [3.05, 3.63) is 27.3 Å². The molecule has 2 aromatic rings. The Kier molecular flexibility index (Phi) is 5.03. The molecule has 1 heterocycles. The Bertz CT molecular complexity index is 586. The van der Waals surface area contributed by atoms with Crippen LogP contribution in [0, 0.1) is 9.39 Å². The van der Waals surface area contributed by atoms with Crippen LogP contribution in [0.2, 0.25) is 0 Å². The third kappa shape index (κ3) is 3.20. The first-order valence-electron chi connectivity index (χ1n) is 6.02. The number of nitrogens with zero attached hydrogens (tertiary/aromatic N) is 2. The number of hydrogen-bond donors (Lipinski definition) is 0. The zero-order valence-electron chi connectivity index (χ0n) is 10.8. The van der Waals surface area contributed by atoms with Gasteiger partial charge in [-0.3, -0.25) is 0 Å². The number of methoxy groups -OCH3 is 1. The van der Waals surface area contributed by atoms with Gasteiger partial charge in [-0.1, -0.05) is 0 Å². The van der Waals surface area contributed by atoms with Crippen molar-refractivity contribution < 1.29 is 9.13 Å². The largest absolute Gasteiger partial charge is 0.385 e. The second-order valence-corrected chi connectivity index (χ2v) is 6.16. The zero-order chi connectivity index (χ0) is 14.0. The van der Waals surface area contributed by atoms with Crippen LogP contribution in [0.25, 0.3) is 11.0 Å². The molecule has 3 nitrogen and oxygen atoms in total. The quantitative estimate of drug-likeness (QED) is 0.432. The summed E-state index contributed by atoms with van der Waals surface area (Å²) < 4.78 is 21.3. The number of benzene rings is 1. The lowest BCUT2D eigenvalue weighted by Crippen LogP contribution is -2.06. The van der Waals surface area contributed by atoms with Gasteiger partial charge in [0.1, 0.15) is 11.6 Å². The molecule has 0 radical (unpaired) electrons. The molecule has 6 heteroatoms. The number of rotatable bonds is 5. The lowest BCUT2D eigenvalue weighted by atomic mass is 10.3. The summed E-state index contributed by atoms with van der Waals surface area (Å²) in [5.74, 6) is 0.545. The SMILES string of the molecule is COCCCn1c(C(C)Cl)nc2cc(I)c(F)cc21. The number of aromatic nitrogens is 2. The van der Waals surface area contributed by atoms with Crippen LogP contribution in [0.4, 0.5) is 4.39 Å². The van der Waals surface area contributed by atoms with Crippen LogP contribution in [0.15, 0.2) is 12.1 Å². The number of hydrogen-bond acceptors (Lipinski definition) is 2. The Balaban J connectivity index is 2.49. The van der Waals surface area contributed by atoms with Crippen LogP contribution < -0.4 is 0 Å². The summed E-state index contributed by atoms with van der Waals surface area (Å²) in [5, 5.41) is -0.212. The smallest absolute Gasteiger partial charge is 0.138 e. The lowest BCUT2D eigenvalue weighted by Gasteiger charge is -2.10. The average Bonchev–Trinajstić information content (AvgIpc) is 2.69. The molecule has 0 aliphatic heterocycles. The average molecular weight is 397 g/mol. The molecule has 0 saturated carbocycles. The molecule has 0 saturated heterocycles. The van der Waals surface area contributed by atoms with Crippen molar-refractivity contribution in [1.29, 1.82) is 0 Å². The maximum Gasteiger partial charge on any atom is 0.138 e. The summed E-state index contributed by atoms with van der Waals surface area (Å²) in [5.41, 5.74) is 1.57. The first kappa shape index (κ1) is 15.0. The molecule has 0 bridgehead atoms. The van der Waals surface area contributed by atoms with Gasteiger partial charge in [-0.2, -0.15) is 0 Å². The molecular formula is C13H15ClFIN2O. The van der Waals surface area contributed by atoms with Crippen molar-refractivity contribution in [3.63, 3.8) is 0 Å². The number of alkyl halides is 1. The summed E-state index contributed by atoms with van der Waals surface area (Å²) >= 11 is 8.13. The van der Waals surface area contributed by atoms with E-state index in [1.807, 2.05) is 34.1 Å². The van der Waals surface area contributed by atoms with Crippen molar-refractivity contribution >= 4 is 45.2 Å². The summed E-state index contributed by atoms with van der Waals surface area (Å²) in [6.45, 7) is 3.25. The van der Waals surface area contributed by atoms with Gasteiger partial charge in [0.05, 0.1) is 20.0 Å². The summed E-state index contributed by atoms with van der Waals surface area (Å²) in [7, 11) is 1.67. The fourth-order valence-corrected chi connectivity index (χ4v) is 2.66. The minimum absolute atomic E-state index is 0.212. The summed E-state index contributed by atoms with van der Waals surface area (Å²) in [6, 6.07) is 3.28. The fraction of sp³-hybridized carbons (Fsp3) is 0.462.